The second-order valence-corrected chi connectivity index (χ2v) is 5.84. The van der Waals surface area contributed by atoms with E-state index in [1.165, 1.54) is 6.07 Å². The summed E-state index contributed by atoms with van der Waals surface area (Å²) in [5.41, 5.74) is 1.28. The van der Waals surface area contributed by atoms with Gasteiger partial charge in [-0.05, 0) is 35.9 Å². The van der Waals surface area contributed by atoms with Crippen molar-refractivity contribution in [2.24, 2.45) is 0 Å². The Labute approximate surface area is 122 Å². The molecule has 18 heavy (non-hydrogen) atoms. The first kappa shape index (κ1) is 13.7. The molecule has 0 amide bonds. The Morgan fingerprint density at radius 1 is 1.00 bits per heavy atom. The zero-order valence-corrected chi connectivity index (χ0v) is 12.6. The first-order chi connectivity index (χ1) is 8.56. The monoisotopic (exact) mass is 372 g/mol. The standard InChI is InChI=1S/C14H11Br2FO/c15-10-3-1-9(2-4-10)7-14(18)12-8-11(16)5-6-13(12)17/h1-6,8,14,18H,7H2. The number of hydrogen-bond donors (Lipinski definition) is 1. The Morgan fingerprint density at radius 3 is 2.28 bits per heavy atom. The summed E-state index contributed by atoms with van der Waals surface area (Å²) >= 11 is 6.62. The number of hydrogen-bond acceptors (Lipinski definition) is 1. The zero-order valence-electron chi connectivity index (χ0n) is 9.41. The van der Waals surface area contributed by atoms with Gasteiger partial charge in [0.25, 0.3) is 0 Å². The lowest BCUT2D eigenvalue weighted by Gasteiger charge is -2.12. The molecule has 0 aliphatic rings. The molecule has 1 N–H and O–H groups in total. The van der Waals surface area contributed by atoms with Crippen LogP contribution < -0.4 is 0 Å². The van der Waals surface area contributed by atoms with E-state index in [2.05, 4.69) is 31.9 Å². The SMILES string of the molecule is OC(Cc1ccc(Br)cc1)c1cc(Br)ccc1F. The molecule has 0 bridgehead atoms. The predicted molar refractivity (Wildman–Crippen MR) is 76.9 cm³/mol. The minimum Gasteiger partial charge on any atom is -0.388 e. The molecule has 0 saturated heterocycles. The summed E-state index contributed by atoms with van der Waals surface area (Å²) in [6.07, 6.45) is -0.454. The van der Waals surface area contributed by atoms with E-state index >= 15 is 0 Å². The minimum absolute atomic E-state index is 0.312. The quantitative estimate of drug-likeness (QED) is 0.831. The van der Waals surface area contributed by atoms with Crippen LogP contribution in [0.25, 0.3) is 0 Å². The summed E-state index contributed by atoms with van der Waals surface area (Å²) in [6, 6.07) is 12.2. The summed E-state index contributed by atoms with van der Waals surface area (Å²) < 4.78 is 15.3. The summed E-state index contributed by atoms with van der Waals surface area (Å²) in [6.45, 7) is 0. The number of aliphatic hydroxyl groups excluding tert-OH is 1. The van der Waals surface area contributed by atoms with Crippen LogP contribution in [-0.2, 0) is 6.42 Å². The maximum Gasteiger partial charge on any atom is 0.129 e. The number of benzene rings is 2. The maximum absolute atomic E-state index is 13.6. The van der Waals surface area contributed by atoms with E-state index < -0.39 is 6.10 Å². The molecule has 1 nitrogen and oxygen atoms in total. The highest BCUT2D eigenvalue weighted by molar-refractivity contribution is 9.10. The molecule has 0 saturated carbocycles. The molecule has 0 radical (unpaired) electrons. The molecule has 1 atom stereocenters. The molecule has 2 aromatic rings. The molecule has 2 aromatic carbocycles. The van der Waals surface area contributed by atoms with E-state index in [0.29, 0.717) is 12.0 Å². The van der Waals surface area contributed by atoms with Crippen molar-refractivity contribution < 1.29 is 9.50 Å². The van der Waals surface area contributed by atoms with Crippen LogP contribution >= 0.6 is 31.9 Å². The van der Waals surface area contributed by atoms with Crippen molar-refractivity contribution in [3.05, 3.63) is 68.4 Å². The summed E-state index contributed by atoms with van der Waals surface area (Å²) in [5.74, 6) is -0.386. The highest BCUT2D eigenvalue weighted by atomic mass is 79.9. The maximum atomic E-state index is 13.6. The van der Waals surface area contributed by atoms with Crippen LogP contribution in [-0.4, -0.2) is 5.11 Å². The van der Waals surface area contributed by atoms with Gasteiger partial charge in [-0.25, -0.2) is 4.39 Å². The molecular formula is C14H11Br2FO. The van der Waals surface area contributed by atoms with Crippen molar-refractivity contribution in [3.63, 3.8) is 0 Å². The van der Waals surface area contributed by atoms with Crippen LogP contribution in [0.15, 0.2) is 51.4 Å². The third-order valence-electron chi connectivity index (χ3n) is 2.66. The largest absolute Gasteiger partial charge is 0.388 e. The highest BCUT2D eigenvalue weighted by Gasteiger charge is 2.13. The molecular weight excluding hydrogens is 363 g/mol. The van der Waals surface area contributed by atoms with Crippen molar-refractivity contribution in [2.45, 2.75) is 12.5 Å². The van der Waals surface area contributed by atoms with Gasteiger partial charge in [-0.15, -0.1) is 0 Å². The molecule has 4 heteroatoms. The van der Waals surface area contributed by atoms with Crippen LogP contribution in [0, 0.1) is 5.82 Å². The normalized spacial score (nSPS) is 12.4. The molecule has 0 heterocycles. The van der Waals surface area contributed by atoms with Crippen LogP contribution in [0.3, 0.4) is 0 Å². The summed E-state index contributed by atoms with van der Waals surface area (Å²) in [5, 5.41) is 10.1. The van der Waals surface area contributed by atoms with Gasteiger partial charge in [0.05, 0.1) is 6.10 Å². The Balaban J connectivity index is 2.18. The minimum atomic E-state index is -0.844. The third kappa shape index (κ3) is 3.40. The lowest BCUT2D eigenvalue weighted by molar-refractivity contribution is 0.173. The smallest absolute Gasteiger partial charge is 0.129 e. The van der Waals surface area contributed by atoms with E-state index in [4.69, 9.17) is 0 Å². The number of aliphatic hydroxyl groups is 1. The van der Waals surface area contributed by atoms with Crippen LogP contribution in [0.1, 0.15) is 17.2 Å². The van der Waals surface area contributed by atoms with E-state index in [9.17, 15) is 9.50 Å². The van der Waals surface area contributed by atoms with Crippen molar-refractivity contribution in [2.75, 3.05) is 0 Å². The van der Waals surface area contributed by atoms with Crippen molar-refractivity contribution >= 4 is 31.9 Å². The van der Waals surface area contributed by atoms with Crippen molar-refractivity contribution in [1.29, 1.82) is 0 Å². The first-order valence-electron chi connectivity index (χ1n) is 5.44. The van der Waals surface area contributed by atoms with Crippen molar-refractivity contribution in [1.82, 2.24) is 0 Å². The second-order valence-electron chi connectivity index (χ2n) is 4.01. The molecule has 0 aromatic heterocycles. The first-order valence-corrected chi connectivity index (χ1v) is 7.02. The van der Waals surface area contributed by atoms with Gasteiger partial charge < -0.3 is 5.11 Å². The van der Waals surface area contributed by atoms with Gasteiger partial charge in [-0.1, -0.05) is 44.0 Å². The third-order valence-corrected chi connectivity index (χ3v) is 3.68. The lowest BCUT2D eigenvalue weighted by atomic mass is 10.0. The Kier molecular flexibility index (Phi) is 4.54. The van der Waals surface area contributed by atoms with Gasteiger partial charge in [-0.3, -0.25) is 0 Å². The molecule has 0 fully saturated rings. The molecule has 2 rings (SSSR count). The fourth-order valence-electron chi connectivity index (χ4n) is 1.72. The van der Waals surface area contributed by atoms with Crippen LogP contribution in [0.4, 0.5) is 4.39 Å². The van der Waals surface area contributed by atoms with Gasteiger partial charge in [0, 0.05) is 20.9 Å². The molecule has 0 spiro atoms. The fourth-order valence-corrected chi connectivity index (χ4v) is 2.37. The fraction of sp³-hybridized carbons (Fsp3) is 0.143. The number of halogens is 3. The average Bonchev–Trinajstić information content (AvgIpc) is 2.35. The molecule has 0 aliphatic carbocycles. The zero-order chi connectivity index (χ0) is 13.1. The van der Waals surface area contributed by atoms with Crippen LogP contribution in [0.2, 0.25) is 0 Å². The van der Waals surface area contributed by atoms with Gasteiger partial charge >= 0.3 is 0 Å². The summed E-state index contributed by atoms with van der Waals surface area (Å²) in [4.78, 5) is 0. The van der Waals surface area contributed by atoms with E-state index in [0.717, 1.165) is 14.5 Å². The van der Waals surface area contributed by atoms with E-state index in [-0.39, 0.29) is 5.82 Å². The molecule has 1 unspecified atom stereocenters. The Bertz CT molecular complexity index is 540. The Hall–Kier alpha value is -0.710. The average molecular weight is 374 g/mol. The van der Waals surface area contributed by atoms with Gasteiger partial charge in [0.15, 0.2) is 0 Å². The molecule has 94 valence electrons. The predicted octanol–water partition coefficient (Wildman–Crippen LogP) is 4.63. The van der Waals surface area contributed by atoms with E-state index in [1.807, 2.05) is 24.3 Å². The highest BCUT2D eigenvalue weighted by Crippen LogP contribution is 2.25. The van der Waals surface area contributed by atoms with E-state index in [1.54, 1.807) is 12.1 Å². The second kappa shape index (κ2) is 5.95. The summed E-state index contributed by atoms with van der Waals surface area (Å²) in [7, 11) is 0. The van der Waals surface area contributed by atoms with Gasteiger partial charge in [-0.2, -0.15) is 0 Å². The van der Waals surface area contributed by atoms with Crippen LogP contribution in [0.5, 0.6) is 0 Å². The topological polar surface area (TPSA) is 20.2 Å². The van der Waals surface area contributed by atoms with Crippen molar-refractivity contribution in [3.8, 4) is 0 Å². The lowest BCUT2D eigenvalue weighted by Crippen LogP contribution is -2.04. The molecule has 0 aliphatic heterocycles. The van der Waals surface area contributed by atoms with Gasteiger partial charge in [0.1, 0.15) is 5.82 Å². The van der Waals surface area contributed by atoms with Gasteiger partial charge in [0.2, 0.25) is 0 Å². The number of rotatable bonds is 3. The Morgan fingerprint density at radius 2 is 1.61 bits per heavy atom.